The van der Waals surface area contributed by atoms with E-state index in [0.717, 1.165) is 0 Å². The summed E-state index contributed by atoms with van der Waals surface area (Å²) < 4.78 is 4.66. The molecule has 0 saturated heterocycles. The van der Waals surface area contributed by atoms with Gasteiger partial charge in [0.05, 0.1) is 28.9 Å². The van der Waals surface area contributed by atoms with Gasteiger partial charge in [0, 0.05) is 6.20 Å². The molecular weight excluding hydrogens is 315 g/mol. The molecule has 0 saturated carbocycles. The zero-order valence-electron chi connectivity index (χ0n) is 10.9. The number of benzene rings is 1. The van der Waals surface area contributed by atoms with Crippen LogP contribution in [0.15, 0.2) is 36.5 Å². The van der Waals surface area contributed by atoms with Crippen molar-refractivity contribution in [2.24, 2.45) is 0 Å². The molecule has 0 aliphatic heterocycles. The van der Waals surface area contributed by atoms with Crippen LogP contribution >= 0.6 is 23.2 Å². The lowest BCUT2D eigenvalue weighted by Gasteiger charge is -2.10. The number of hydrogen-bond donors (Lipinski definition) is 1. The molecule has 108 valence electrons. The monoisotopic (exact) mass is 324 g/mol. The first-order valence-corrected chi connectivity index (χ1v) is 6.58. The third-order valence-corrected chi connectivity index (χ3v) is 3.16. The first kappa shape index (κ1) is 15.3. The smallest absolute Gasteiger partial charge is 0.339 e. The Hall–Kier alpha value is -2.11. The molecule has 0 radical (unpaired) electrons. The molecule has 0 unspecified atom stereocenters. The molecule has 1 aromatic carbocycles. The quantitative estimate of drug-likeness (QED) is 0.693. The summed E-state index contributed by atoms with van der Waals surface area (Å²) in [5.41, 5.74) is 0.722. The minimum atomic E-state index is -0.551. The van der Waals surface area contributed by atoms with Gasteiger partial charge in [0.1, 0.15) is 5.15 Å². The van der Waals surface area contributed by atoms with Crippen LogP contribution in [0.25, 0.3) is 0 Å². The van der Waals surface area contributed by atoms with Gasteiger partial charge < -0.3 is 10.1 Å². The zero-order valence-corrected chi connectivity index (χ0v) is 12.4. The number of carbonyl (C=O) groups is 2. The largest absolute Gasteiger partial charge is 0.465 e. The van der Waals surface area contributed by atoms with E-state index in [2.05, 4.69) is 15.0 Å². The van der Waals surface area contributed by atoms with Crippen LogP contribution in [0.2, 0.25) is 10.2 Å². The van der Waals surface area contributed by atoms with Gasteiger partial charge in [0.2, 0.25) is 0 Å². The van der Waals surface area contributed by atoms with Gasteiger partial charge in [-0.25, -0.2) is 9.78 Å². The second-order valence-corrected chi connectivity index (χ2v) is 4.77. The normalized spacial score (nSPS) is 10.0. The van der Waals surface area contributed by atoms with Crippen LogP contribution in [-0.4, -0.2) is 24.0 Å². The maximum Gasteiger partial charge on any atom is 0.339 e. The van der Waals surface area contributed by atoms with E-state index in [1.54, 1.807) is 24.3 Å². The first-order chi connectivity index (χ1) is 10.0. The number of para-hydroxylation sites is 1. The average Bonchev–Trinajstić information content (AvgIpc) is 2.49. The lowest BCUT2D eigenvalue weighted by atomic mass is 10.1. The Morgan fingerprint density at radius 1 is 1.19 bits per heavy atom. The molecule has 0 aliphatic rings. The van der Waals surface area contributed by atoms with E-state index in [1.165, 1.54) is 19.4 Å². The number of halogens is 2. The Morgan fingerprint density at radius 3 is 2.62 bits per heavy atom. The highest BCUT2D eigenvalue weighted by atomic mass is 35.5. The molecule has 1 heterocycles. The van der Waals surface area contributed by atoms with Gasteiger partial charge in [-0.2, -0.15) is 0 Å². The molecule has 0 atom stereocenters. The number of nitrogens with zero attached hydrogens (tertiary/aromatic N) is 1. The van der Waals surface area contributed by atoms with Crippen molar-refractivity contribution >= 4 is 40.8 Å². The van der Waals surface area contributed by atoms with Gasteiger partial charge in [-0.1, -0.05) is 35.3 Å². The lowest BCUT2D eigenvalue weighted by molar-refractivity contribution is 0.0602. The third kappa shape index (κ3) is 3.51. The SMILES string of the molecule is COC(=O)c1ccccc1NC(=O)c1cc(Cl)ncc1Cl. The Balaban J connectivity index is 2.32. The van der Waals surface area contributed by atoms with E-state index in [1.807, 2.05) is 0 Å². The summed E-state index contributed by atoms with van der Waals surface area (Å²) >= 11 is 11.7. The number of anilines is 1. The number of aromatic nitrogens is 1. The number of hydrogen-bond acceptors (Lipinski definition) is 4. The Labute approximate surface area is 130 Å². The van der Waals surface area contributed by atoms with Crippen LogP contribution in [0.3, 0.4) is 0 Å². The van der Waals surface area contributed by atoms with Crippen LogP contribution in [0.4, 0.5) is 5.69 Å². The second-order valence-electron chi connectivity index (χ2n) is 3.98. The van der Waals surface area contributed by atoms with Crippen LogP contribution in [0.5, 0.6) is 0 Å². The van der Waals surface area contributed by atoms with Crippen molar-refractivity contribution in [2.75, 3.05) is 12.4 Å². The van der Waals surface area contributed by atoms with Crippen LogP contribution in [0, 0.1) is 0 Å². The maximum absolute atomic E-state index is 12.2. The van der Waals surface area contributed by atoms with Crippen molar-refractivity contribution in [3.63, 3.8) is 0 Å². The average molecular weight is 325 g/mol. The highest BCUT2D eigenvalue weighted by Crippen LogP contribution is 2.21. The Kier molecular flexibility index (Phi) is 4.77. The fourth-order valence-corrected chi connectivity index (χ4v) is 2.00. The van der Waals surface area contributed by atoms with E-state index in [4.69, 9.17) is 23.2 Å². The van der Waals surface area contributed by atoms with Gasteiger partial charge in [-0.3, -0.25) is 4.79 Å². The van der Waals surface area contributed by atoms with Gasteiger partial charge in [-0.15, -0.1) is 0 Å². The molecule has 2 rings (SSSR count). The molecule has 1 N–H and O–H groups in total. The van der Waals surface area contributed by atoms with E-state index in [-0.39, 0.29) is 21.3 Å². The van der Waals surface area contributed by atoms with E-state index >= 15 is 0 Å². The van der Waals surface area contributed by atoms with Crippen molar-refractivity contribution < 1.29 is 14.3 Å². The van der Waals surface area contributed by atoms with E-state index in [9.17, 15) is 9.59 Å². The number of esters is 1. The summed E-state index contributed by atoms with van der Waals surface area (Å²) in [7, 11) is 1.26. The van der Waals surface area contributed by atoms with Crippen molar-refractivity contribution in [1.29, 1.82) is 0 Å². The Morgan fingerprint density at radius 2 is 1.90 bits per heavy atom. The fourth-order valence-electron chi connectivity index (χ4n) is 1.66. The van der Waals surface area contributed by atoms with Crippen molar-refractivity contribution in [2.45, 2.75) is 0 Å². The predicted octanol–water partition coefficient (Wildman–Crippen LogP) is 3.43. The topological polar surface area (TPSA) is 68.3 Å². The van der Waals surface area contributed by atoms with Gasteiger partial charge in [0.25, 0.3) is 5.91 Å². The maximum atomic E-state index is 12.2. The molecular formula is C14H10Cl2N2O3. The summed E-state index contributed by atoms with van der Waals surface area (Å²) in [6.07, 6.45) is 1.28. The molecule has 5 nitrogen and oxygen atoms in total. The number of pyridine rings is 1. The zero-order chi connectivity index (χ0) is 15.4. The molecule has 0 bridgehead atoms. The summed E-state index contributed by atoms with van der Waals surface area (Å²) in [5.74, 6) is -1.05. The number of ether oxygens (including phenoxy) is 1. The lowest BCUT2D eigenvalue weighted by Crippen LogP contribution is -2.16. The van der Waals surface area contributed by atoms with Gasteiger partial charge >= 0.3 is 5.97 Å². The minimum Gasteiger partial charge on any atom is -0.465 e. The highest BCUT2D eigenvalue weighted by Gasteiger charge is 2.16. The molecule has 0 spiro atoms. The third-order valence-electron chi connectivity index (χ3n) is 2.65. The molecule has 0 aliphatic carbocycles. The van der Waals surface area contributed by atoms with Crippen LogP contribution in [0.1, 0.15) is 20.7 Å². The molecule has 21 heavy (non-hydrogen) atoms. The highest BCUT2D eigenvalue weighted by molar-refractivity contribution is 6.35. The van der Waals surface area contributed by atoms with Gasteiger partial charge in [0.15, 0.2) is 0 Å². The summed E-state index contributed by atoms with van der Waals surface area (Å²) in [6, 6.07) is 7.82. The molecule has 2 aromatic rings. The van der Waals surface area contributed by atoms with Crippen molar-refractivity contribution in [3.8, 4) is 0 Å². The van der Waals surface area contributed by atoms with Crippen LogP contribution < -0.4 is 5.32 Å². The van der Waals surface area contributed by atoms with Gasteiger partial charge in [-0.05, 0) is 18.2 Å². The van der Waals surface area contributed by atoms with E-state index in [0.29, 0.717) is 5.69 Å². The number of rotatable bonds is 3. The molecule has 0 fully saturated rings. The Bertz CT molecular complexity index is 704. The van der Waals surface area contributed by atoms with Crippen molar-refractivity contribution in [3.05, 3.63) is 57.8 Å². The predicted molar refractivity (Wildman–Crippen MR) is 80.0 cm³/mol. The minimum absolute atomic E-state index is 0.144. The summed E-state index contributed by atoms with van der Waals surface area (Å²) in [6.45, 7) is 0. The molecule has 1 amide bonds. The number of methoxy groups -OCH3 is 1. The van der Waals surface area contributed by atoms with Crippen molar-refractivity contribution in [1.82, 2.24) is 4.98 Å². The first-order valence-electron chi connectivity index (χ1n) is 5.82. The second kappa shape index (κ2) is 6.56. The summed E-state index contributed by atoms with van der Waals surface area (Å²) in [5, 5.41) is 2.90. The summed E-state index contributed by atoms with van der Waals surface area (Å²) in [4.78, 5) is 27.6. The number of amides is 1. The fraction of sp³-hybridized carbons (Fsp3) is 0.0714. The molecule has 7 heteroatoms. The molecule has 1 aromatic heterocycles. The standard InChI is InChI=1S/C14H10Cl2N2O3/c1-21-14(20)8-4-2-3-5-11(8)18-13(19)9-6-12(16)17-7-10(9)15/h2-7H,1H3,(H,18,19). The number of carbonyl (C=O) groups excluding carboxylic acids is 2. The van der Waals surface area contributed by atoms with E-state index < -0.39 is 11.9 Å². The number of nitrogens with one attached hydrogen (secondary N) is 1. The van der Waals surface area contributed by atoms with Crippen LogP contribution in [-0.2, 0) is 4.74 Å².